The first kappa shape index (κ1) is 18.0. The Labute approximate surface area is 168 Å². The van der Waals surface area contributed by atoms with E-state index in [0.29, 0.717) is 36.7 Å². The number of benzene rings is 1. The van der Waals surface area contributed by atoms with Crippen LogP contribution in [0.5, 0.6) is 0 Å². The molecule has 0 fully saturated rings. The van der Waals surface area contributed by atoms with Gasteiger partial charge in [0.2, 0.25) is 10.0 Å². The van der Waals surface area contributed by atoms with Crippen LogP contribution in [0.2, 0.25) is 0 Å². The van der Waals surface area contributed by atoms with Gasteiger partial charge in [0.05, 0.1) is 23.8 Å². The Balaban J connectivity index is 1.72. The van der Waals surface area contributed by atoms with Gasteiger partial charge in [-0.1, -0.05) is 18.2 Å². The van der Waals surface area contributed by atoms with Gasteiger partial charge in [0.15, 0.2) is 5.82 Å². The summed E-state index contributed by atoms with van der Waals surface area (Å²) in [6, 6.07) is 9.97. The molecule has 1 aromatic carbocycles. The lowest BCUT2D eigenvalue weighted by Gasteiger charge is -2.15. The molecule has 5 rings (SSSR count). The normalized spacial score (nSPS) is 15.5. The summed E-state index contributed by atoms with van der Waals surface area (Å²) in [4.78, 5) is 13.4. The van der Waals surface area contributed by atoms with Crippen molar-refractivity contribution >= 4 is 37.8 Å². The van der Waals surface area contributed by atoms with Crippen LogP contribution < -0.4 is 5.73 Å². The molecule has 0 radical (unpaired) electrons. The van der Waals surface area contributed by atoms with E-state index in [4.69, 9.17) is 5.73 Å². The van der Waals surface area contributed by atoms with Crippen molar-refractivity contribution in [2.45, 2.75) is 19.5 Å². The number of pyridine rings is 2. The van der Waals surface area contributed by atoms with E-state index >= 15 is 0 Å². The monoisotopic (exact) mass is 408 g/mol. The van der Waals surface area contributed by atoms with E-state index in [1.807, 2.05) is 36.5 Å². The van der Waals surface area contributed by atoms with Crippen molar-refractivity contribution in [1.82, 2.24) is 23.8 Å². The molecule has 0 amide bonds. The molecule has 148 valence electrons. The maximum absolute atomic E-state index is 12.1. The van der Waals surface area contributed by atoms with E-state index < -0.39 is 10.0 Å². The molecule has 2 N–H and O–H groups in total. The Hall–Kier alpha value is -3.04. The van der Waals surface area contributed by atoms with Gasteiger partial charge in [0.25, 0.3) is 0 Å². The van der Waals surface area contributed by atoms with Crippen LogP contribution in [0.1, 0.15) is 12.2 Å². The van der Waals surface area contributed by atoms with Crippen molar-refractivity contribution < 1.29 is 8.42 Å². The first-order chi connectivity index (χ1) is 13.9. The number of hydrogen-bond donors (Lipinski definition) is 1. The molecule has 0 saturated heterocycles. The number of hydrogen-bond acceptors (Lipinski definition) is 6. The van der Waals surface area contributed by atoms with Crippen LogP contribution in [0.3, 0.4) is 0 Å². The second-order valence-corrected chi connectivity index (χ2v) is 9.28. The highest BCUT2D eigenvalue weighted by Crippen LogP contribution is 2.33. The highest BCUT2D eigenvalue weighted by molar-refractivity contribution is 7.88. The predicted molar refractivity (Wildman–Crippen MR) is 113 cm³/mol. The lowest BCUT2D eigenvalue weighted by atomic mass is 10.0. The van der Waals surface area contributed by atoms with Crippen molar-refractivity contribution in [3.05, 3.63) is 48.5 Å². The molecule has 0 aliphatic carbocycles. The van der Waals surface area contributed by atoms with Crippen molar-refractivity contribution in [2.24, 2.45) is 0 Å². The van der Waals surface area contributed by atoms with E-state index in [-0.39, 0.29) is 6.54 Å². The molecular formula is C20H20N6O2S. The molecule has 0 saturated carbocycles. The summed E-state index contributed by atoms with van der Waals surface area (Å²) in [6.07, 6.45) is 5.50. The lowest BCUT2D eigenvalue weighted by molar-refractivity contribution is 0.411. The third kappa shape index (κ3) is 3.02. The topological polar surface area (TPSA) is 107 Å². The fourth-order valence-electron chi connectivity index (χ4n) is 3.96. The zero-order valence-corrected chi connectivity index (χ0v) is 16.7. The summed E-state index contributed by atoms with van der Waals surface area (Å²) in [6.45, 7) is 1.40. The minimum atomic E-state index is -3.29. The standard InChI is InChI=1S/C20H20N6O2S/c1-29(27,28)25-8-3-9-26-17(12-25)24-18-19(26)15-6-5-13(10-16(15)23-20(18)21)14-4-2-7-22-11-14/h2,4-7,10-11H,3,8-9,12H2,1H3,(H2,21,23). The molecule has 4 aromatic rings. The fraction of sp³-hybridized carbons (Fsp3) is 0.250. The summed E-state index contributed by atoms with van der Waals surface area (Å²) in [5.41, 5.74) is 10.6. The Morgan fingerprint density at radius 2 is 1.97 bits per heavy atom. The lowest BCUT2D eigenvalue weighted by Crippen LogP contribution is -2.29. The zero-order valence-electron chi connectivity index (χ0n) is 15.9. The molecule has 0 spiro atoms. The smallest absolute Gasteiger partial charge is 0.211 e. The minimum absolute atomic E-state index is 0.238. The number of fused-ring (bicyclic) bond motifs is 5. The van der Waals surface area contributed by atoms with Crippen molar-refractivity contribution in [2.75, 3.05) is 18.5 Å². The number of nitrogen functional groups attached to an aromatic ring is 1. The van der Waals surface area contributed by atoms with Crippen molar-refractivity contribution in [1.29, 1.82) is 0 Å². The maximum atomic E-state index is 12.1. The summed E-state index contributed by atoms with van der Waals surface area (Å²) >= 11 is 0. The van der Waals surface area contributed by atoms with Gasteiger partial charge < -0.3 is 10.3 Å². The van der Waals surface area contributed by atoms with Gasteiger partial charge in [-0.2, -0.15) is 4.31 Å². The second-order valence-electron chi connectivity index (χ2n) is 7.30. The fourth-order valence-corrected chi connectivity index (χ4v) is 4.77. The molecule has 8 nitrogen and oxygen atoms in total. The van der Waals surface area contributed by atoms with E-state index in [1.54, 1.807) is 6.20 Å². The van der Waals surface area contributed by atoms with Crippen LogP contribution in [0.25, 0.3) is 33.1 Å². The molecular weight excluding hydrogens is 388 g/mol. The number of nitrogens with two attached hydrogens (primary N) is 1. The van der Waals surface area contributed by atoms with Gasteiger partial charge in [0.1, 0.15) is 11.3 Å². The van der Waals surface area contributed by atoms with Gasteiger partial charge >= 0.3 is 0 Å². The Kier molecular flexibility index (Phi) is 4.04. The average Bonchev–Trinajstić information content (AvgIpc) is 2.92. The minimum Gasteiger partial charge on any atom is -0.382 e. The number of aryl methyl sites for hydroxylation is 1. The van der Waals surface area contributed by atoms with Crippen molar-refractivity contribution in [3.63, 3.8) is 0 Å². The molecule has 9 heteroatoms. The molecule has 4 heterocycles. The van der Waals surface area contributed by atoms with Gasteiger partial charge in [0, 0.05) is 36.4 Å². The van der Waals surface area contributed by atoms with Gasteiger partial charge in [-0.15, -0.1) is 0 Å². The number of sulfonamides is 1. The van der Waals surface area contributed by atoms with Crippen LogP contribution in [0, 0.1) is 0 Å². The van der Waals surface area contributed by atoms with Crippen molar-refractivity contribution in [3.8, 4) is 11.1 Å². The quantitative estimate of drug-likeness (QED) is 0.546. The van der Waals surface area contributed by atoms with Crippen LogP contribution >= 0.6 is 0 Å². The second kappa shape index (κ2) is 6.50. The number of nitrogens with zero attached hydrogens (tertiary/aromatic N) is 5. The third-order valence-corrected chi connectivity index (χ3v) is 6.60. The molecule has 1 aliphatic rings. The molecule has 0 unspecified atom stereocenters. The Bertz CT molecular complexity index is 1350. The summed E-state index contributed by atoms with van der Waals surface area (Å²) in [5, 5.41) is 0.952. The molecule has 0 atom stereocenters. The van der Waals surface area contributed by atoms with Gasteiger partial charge in [-0.25, -0.2) is 18.4 Å². The summed E-state index contributed by atoms with van der Waals surface area (Å²) in [7, 11) is -3.29. The SMILES string of the molecule is CS(=O)(=O)N1CCCn2c(nc3c(N)nc4cc(-c5cccnc5)ccc4c32)C1. The molecule has 0 bridgehead atoms. The van der Waals surface area contributed by atoms with Crippen LogP contribution in [0.15, 0.2) is 42.7 Å². The third-order valence-electron chi connectivity index (χ3n) is 5.35. The predicted octanol–water partition coefficient (Wildman–Crippen LogP) is 2.39. The molecule has 3 aromatic heterocycles. The van der Waals surface area contributed by atoms with Gasteiger partial charge in [-0.3, -0.25) is 4.98 Å². The first-order valence-electron chi connectivity index (χ1n) is 9.36. The van der Waals surface area contributed by atoms with E-state index in [0.717, 1.165) is 27.5 Å². The van der Waals surface area contributed by atoms with Gasteiger partial charge in [-0.05, 0) is 24.1 Å². The van der Waals surface area contributed by atoms with E-state index in [2.05, 4.69) is 19.5 Å². The largest absolute Gasteiger partial charge is 0.382 e. The van der Waals surface area contributed by atoms with Crippen LogP contribution in [-0.2, 0) is 23.1 Å². The first-order valence-corrected chi connectivity index (χ1v) is 11.2. The summed E-state index contributed by atoms with van der Waals surface area (Å²) in [5.74, 6) is 1.04. The highest BCUT2D eigenvalue weighted by Gasteiger charge is 2.25. The number of anilines is 1. The maximum Gasteiger partial charge on any atom is 0.211 e. The van der Waals surface area contributed by atoms with E-state index in [9.17, 15) is 8.42 Å². The number of rotatable bonds is 2. The highest BCUT2D eigenvalue weighted by atomic mass is 32.2. The number of aromatic nitrogens is 4. The summed E-state index contributed by atoms with van der Waals surface area (Å²) < 4.78 is 27.7. The van der Waals surface area contributed by atoms with E-state index in [1.165, 1.54) is 10.6 Å². The molecule has 1 aliphatic heterocycles. The number of imidazole rings is 1. The Morgan fingerprint density at radius 1 is 1.10 bits per heavy atom. The van der Waals surface area contributed by atoms with Crippen LogP contribution in [-0.4, -0.2) is 45.0 Å². The zero-order chi connectivity index (χ0) is 20.2. The molecule has 29 heavy (non-hydrogen) atoms. The van der Waals surface area contributed by atoms with Crippen LogP contribution in [0.4, 0.5) is 5.82 Å². The average molecular weight is 408 g/mol. The Morgan fingerprint density at radius 3 is 2.72 bits per heavy atom.